The van der Waals surface area contributed by atoms with E-state index in [1.54, 1.807) is 0 Å². The molecule has 0 bridgehead atoms. The fourth-order valence-corrected chi connectivity index (χ4v) is 11.8. The monoisotopic (exact) mass is 769 g/mol. The van der Waals surface area contributed by atoms with Crippen LogP contribution in [0.15, 0.2) is 182 Å². The third kappa shape index (κ3) is 4.93. The lowest BCUT2D eigenvalue weighted by molar-refractivity contribution is 0.195. The first-order valence-electron chi connectivity index (χ1n) is 21.8. The third-order valence-corrected chi connectivity index (χ3v) is 14.9. The smallest absolute Gasteiger partial charge is 0.0517 e. The fourth-order valence-electron chi connectivity index (χ4n) is 11.8. The van der Waals surface area contributed by atoms with Crippen molar-refractivity contribution in [2.75, 3.05) is 4.90 Å². The number of nitrogens with zero attached hydrogens (tertiary/aromatic N) is 1. The SMILES string of the molecule is Cc1cc2c(cc1-c1cc(-c3ccccc3)c3ccc4c(-c5cccc6ccccc56)cc(-c5ccccc5)c5ccc1c3c54)C1(C)CCCCC1(C)N2c1ccccc1. The van der Waals surface area contributed by atoms with Crippen molar-refractivity contribution in [3.63, 3.8) is 0 Å². The molecular weight excluding hydrogens is 723 g/mol. The highest BCUT2D eigenvalue weighted by Gasteiger charge is 2.57. The molecule has 12 rings (SSSR count). The first kappa shape index (κ1) is 35.3. The van der Waals surface area contributed by atoms with Crippen LogP contribution in [0.2, 0.25) is 0 Å². The zero-order valence-electron chi connectivity index (χ0n) is 34.6. The highest BCUT2D eigenvalue weighted by Crippen LogP contribution is 2.62. The van der Waals surface area contributed by atoms with Gasteiger partial charge >= 0.3 is 0 Å². The van der Waals surface area contributed by atoms with Gasteiger partial charge in [-0.25, -0.2) is 0 Å². The Kier molecular flexibility index (Phi) is 7.73. The van der Waals surface area contributed by atoms with E-state index >= 15 is 0 Å². The second kappa shape index (κ2) is 13.2. The molecule has 1 saturated carbocycles. The molecule has 288 valence electrons. The lowest BCUT2D eigenvalue weighted by Crippen LogP contribution is -2.54. The maximum Gasteiger partial charge on any atom is 0.0517 e. The van der Waals surface area contributed by atoms with Crippen LogP contribution in [0.5, 0.6) is 0 Å². The maximum atomic E-state index is 2.71. The Hall–Kier alpha value is -6.70. The average Bonchev–Trinajstić information content (AvgIpc) is 3.50. The molecule has 1 heteroatoms. The topological polar surface area (TPSA) is 3.24 Å². The van der Waals surface area contributed by atoms with E-state index in [2.05, 4.69) is 208 Å². The van der Waals surface area contributed by atoms with Gasteiger partial charge in [0.05, 0.1) is 5.54 Å². The van der Waals surface area contributed by atoms with Gasteiger partial charge in [-0.3, -0.25) is 0 Å². The van der Waals surface area contributed by atoms with Gasteiger partial charge in [0.15, 0.2) is 0 Å². The lowest BCUT2D eigenvalue weighted by Gasteiger charge is -2.50. The molecule has 10 aromatic carbocycles. The van der Waals surface area contributed by atoms with E-state index < -0.39 is 0 Å². The Labute approximate surface area is 352 Å². The molecule has 60 heavy (non-hydrogen) atoms. The minimum Gasteiger partial charge on any atom is -0.334 e. The lowest BCUT2D eigenvalue weighted by atomic mass is 9.61. The van der Waals surface area contributed by atoms with Crippen LogP contribution in [0.3, 0.4) is 0 Å². The van der Waals surface area contributed by atoms with E-state index in [0.717, 1.165) is 0 Å². The van der Waals surface area contributed by atoms with Crippen molar-refractivity contribution in [1.82, 2.24) is 0 Å². The van der Waals surface area contributed by atoms with Gasteiger partial charge in [0.25, 0.3) is 0 Å². The molecule has 2 aliphatic rings. The minimum atomic E-state index is -0.0102. The third-order valence-electron chi connectivity index (χ3n) is 14.9. The van der Waals surface area contributed by atoms with Crippen molar-refractivity contribution < 1.29 is 0 Å². The van der Waals surface area contributed by atoms with Crippen molar-refractivity contribution >= 4 is 54.5 Å². The van der Waals surface area contributed by atoms with Gasteiger partial charge in [0.1, 0.15) is 0 Å². The molecule has 2 unspecified atom stereocenters. The van der Waals surface area contributed by atoms with Gasteiger partial charge in [0, 0.05) is 16.8 Å². The Morgan fingerprint density at radius 2 is 0.933 bits per heavy atom. The van der Waals surface area contributed by atoms with Gasteiger partial charge in [-0.15, -0.1) is 0 Å². The number of benzene rings is 10. The summed E-state index contributed by atoms with van der Waals surface area (Å²) in [4.78, 5) is 2.71. The van der Waals surface area contributed by atoms with Crippen LogP contribution >= 0.6 is 0 Å². The second-order valence-corrected chi connectivity index (χ2v) is 17.9. The summed E-state index contributed by atoms with van der Waals surface area (Å²) >= 11 is 0. The molecule has 2 atom stereocenters. The van der Waals surface area contributed by atoms with Crippen molar-refractivity contribution in [2.45, 2.75) is 57.4 Å². The number of hydrogen-bond donors (Lipinski definition) is 0. The molecule has 0 aromatic heterocycles. The number of aryl methyl sites for hydroxylation is 1. The van der Waals surface area contributed by atoms with E-state index in [1.165, 1.54) is 136 Å². The van der Waals surface area contributed by atoms with Crippen molar-refractivity contribution in [3.05, 3.63) is 193 Å². The molecule has 0 N–H and O–H groups in total. The zero-order chi connectivity index (χ0) is 40.2. The predicted octanol–water partition coefficient (Wildman–Crippen LogP) is 16.5. The molecule has 1 aliphatic carbocycles. The largest absolute Gasteiger partial charge is 0.334 e. The van der Waals surface area contributed by atoms with Gasteiger partial charge < -0.3 is 4.90 Å². The Balaban J connectivity index is 1.20. The van der Waals surface area contributed by atoms with E-state index in [1.807, 2.05) is 0 Å². The number of para-hydroxylation sites is 1. The molecule has 1 aliphatic heterocycles. The van der Waals surface area contributed by atoms with E-state index in [9.17, 15) is 0 Å². The van der Waals surface area contributed by atoms with Crippen LogP contribution in [0, 0.1) is 6.92 Å². The minimum absolute atomic E-state index is 0.0102. The summed E-state index contributed by atoms with van der Waals surface area (Å²) in [5.41, 5.74) is 15.7. The molecule has 0 amide bonds. The van der Waals surface area contributed by atoms with Crippen LogP contribution in [-0.2, 0) is 5.41 Å². The summed E-state index contributed by atoms with van der Waals surface area (Å²) in [5, 5.41) is 10.4. The Morgan fingerprint density at radius 3 is 1.57 bits per heavy atom. The van der Waals surface area contributed by atoms with Crippen LogP contribution in [0.4, 0.5) is 11.4 Å². The zero-order valence-corrected chi connectivity index (χ0v) is 34.6. The van der Waals surface area contributed by atoms with Gasteiger partial charge in [-0.1, -0.05) is 165 Å². The summed E-state index contributed by atoms with van der Waals surface area (Å²) in [7, 11) is 0. The first-order chi connectivity index (χ1) is 29.4. The van der Waals surface area contributed by atoms with Crippen LogP contribution < -0.4 is 4.90 Å². The molecule has 1 nitrogen and oxygen atoms in total. The summed E-state index contributed by atoms with van der Waals surface area (Å²) < 4.78 is 0. The van der Waals surface area contributed by atoms with Crippen molar-refractivity contribution in [3.8, 4) is 44.5 Å². The van der Waals surface area contributed by atoms with Gasteiger partial charge in [-0.2, -0.15) is 0 Å². The Morgan fingerprint density at radius 1 is 0.417 bits per heavy atom. The predicted molar refractivity (Wildman–Crippen MR) is 257 cm³/mol. The molecule has 1 fully saturated rings. The molecule has 0 saturated heterocycles. The normalized spacial score (nSPS) is 18.8. The highest BCUT2D eigenvalue weighted by molar-refractivity contribution is 6.32. The first-order valence-corrected chi connectivity index (χ1v) is 21.8. The summed E-state index contributed by atoms with van der Waals surface area (Å²) in [6.45, 7) is 7.44. The van der Waals surface area contributed by atoms with Gasteiger partial charge in [0.2, 0.25) is 0 Å². The summed E-state index contributed by atoms with van der Waals surface area (Å²) in [6, 6.07) is 68.6. The van der Waals surface area contributed by atoms with Gasteiger partial charge in [-0.05, 0) is 162 Å². The van der Waals surface area contributed by atoms with Crippen LogP contribution in [0.25, 0.3) is 87.6 Å². The molecule has 10 aromatic rings. The summed E-state index contributed by atoms with van der Waals surface area (Å²) in [6.07, 6.45) is 4.89. The number of rotatable bonds is 5. The standard InChI is InChI=1S/C59H47N/c1-38-34-55-54(58(2)32-15-16-33-59(58,3)60(55)42-24-11-6-12-25-42)37-49(38)53-36-51(41-20-9-5-10-21-41)46-28-30-47-52(44-27-17-23-39-22-13-14-26-43(39)44)35-50(40-18-7-4-8-19-40)45-29-31-48(53)57(46)56(45)47/h4-14,17-31,34-37H,15-16,32-33H2,1-3H3. The van der Waals surface area contributed by atoms with E-state index in [0.29, 0.717) is 0 Å². The number of anilines is 2. The van der Waals surface area contributed by atoms with Crippen molar-refractivity contribution in [1.29, 1.82) is 0 Å². The summed E-state index contributed by atoms with van der Waals surface area (Å²) in [5.74, 6) is 0. The highest BCUT2D eigenvalue weighted by atomic mass is 15.3. The van der Waals surface area contributed by atoms with Crippen LogP contribution in [0.1, 0.15) is 50.7 Å². The second-order valence-electron chi connectivity index (χ2n) is 17.9. The van der Waals surface area contributed by atoms with E-state index in [4.69, 9.17) is 0 Å². The van der Waals surface area contributed by atoms with E-state index in [-0.39, 0.29) is 11.0 Å². The number of fused-ring (bicyclic) bond motifs is 4. The average molecular weight is 770 g/mol. The molecule has 0 radical (unpaired) electrons. The molecular formula is C59H47N. The Bertz CT molecular complexity index is 3290. The number of hydrogen-bond acceptors (Lipinski definition) is 1. The van der Waals surface area contributed by atoms with Crippen LogP contribution in [-0.4, -0.2) is 5.54 Å². The maximum absolute atomic E-state index is 2.71. The molecule has 1 heterocycles. The molecule has 0 spiro atoms. The van der Waals surface area contributed by atoms with Crippen molar-refractivity contribution in [2.24, 2.45) is 0 Å². The quantitative estimate of drug-likeness (QED) is 0.158. The fraction of sp³-hybridized carbons (Fsp3) is 0.153.